The Morgan fingerprint density at radius 3 is 2.62 bits per heavy atom. The minimum Gasteiger partial charge on any atom is -0.493 e. The molecular formula is C21H21NO2. The van der Waals surface area contributed by atoms with Crippen LogP contribution >= 0.6 is 0 Å². The third-order valence-corrected chi connectivity index (χ3v) is 4.10. The summed E-state index contributed by atoms with van der Waals surface area (Å²) in [6.45, 7) is 0.680. The van der Waals surface area contributed by atoms with Crippen molar-refractivity contribution in [1.82, 2.24) is 4.98 Å². The lowest BCUT2D eigenvalue weighted by molar-refractivity contribution is 0.112. The standard InChI is InChI=1S/C21H21NO2/c23-16-18-12-13-20(19-11-7-14-22-21(18)19)24-15-6-2-5-10-17-8-3-1-4-9-17/h1,3-4,7-9,11-14,16H,2,5-6,10,15H2. The number of pyridine rings is 1. The van der Waals surface area contributed by atoms with Crippen molar-refractivity contribution < 1.29 is 9.53 Å². The summed E-state index contributed by atoms with van der Waals surface area (Å²) >= 11 is 0. The molecule has 0 unspecified atom stereocenters. The van der Waals surface area contributed by atoms with Crippen LogP contribution in [0.1, 0.15) is 35.2 Å². The molecule has 3 rings (SSSR count). The summed E-state index contributed by atoms with van der Waals surface area (Å²) in [5.41, 5.74) is 2.69. The molecule has 0 atom stereocenters. The molecule has 0 amide bonds. The van der Waals surface area contributed by atoms with Gasteiger partial charge in [0.25, 0.3) is 0 Å². The molecule has 122 valence electrons. The average molecular weight is 319 g/mol. The second-order valence-electron chi connectivity index (χ2n) is 5.82. The van der Waals surface area contributed by atoms with Gasteiger partial charge in [-0.1, -0.05) is 30.3 Å². The van der Waals surface area contributed by atoms with Crippen molar-refractivity contribution in [2.24, 2.45) is 0 Å². The zero-order valence-electron chi connectivity index (χ0n) is 13.7. The molecule has 0 N–H and O–H groups in total. The van der Waals surface area contributed by atoms with Crippen molar-refractivity contribution in [2.45, 2.75) is 25.7 Å². The first-order valence-electron chi connectivity index (χ1n) is 8.38. The molecule has 0 bridgehead atoms. The highest BCUT2D eigenvalue weighted by Gasteiger charge is 2.07. The number of carbonyl (C=O) groups is 1. The molecule has 3 heteroatoms. The summed E-state index contributed by atoms with van der Waals surface area (Å²) in [6.07, 6.45) is 6.97. The maximum absolute atomic E-state index is 11.1. The number of fused-ring (bicyclic) bond motifs is 1. The highest BCUT2D eigenvalue weighted by molar-refractivity contribution is 5.98. The lowest BCUT2D eigenvalue weighted by Crippen LogP contribution is -1.99. The van der Waals surface area contributed by atoms with Gasteiger partial charge in [-0.25, -0.2) is 0 Å². The third-order valence-electron chi connectivity index (χ3n) is 4.10. The number of aldehydes is 1. The quantitative estimate of drug-likeness (QED) is 0.440. The highest BCUT2D eigenvalue weighted by Crippen LogP contribution is 2.26. The predicted molar refractivity (Wildman–Crippen MR) is 96.6 cm³/mol. The topological polar surface area (TPSA) is 39.2 Å². The minimum atomic E-state index is 0.598. The van der Waals surface area contributed by atoms with E-state index in [0.717, 1.165) is 36.7 Å². The van der Waals surface area contributed by atoms with Gasteiger partial charge < -0.3 is 4.74 Å². The maximum atomic E-state index is 11.1. The van der Waals surface area contributed by atoms with Crippen LogP contribution < -0.4 is 4.74 Å². The SMILES string of the molecule is O=Cc1ccc(OCCCCCc2ccccc2)c2cccnc12. The second kappa shape index (κ2) is 8.25. The number of nitrogens with zero attached hydrogens (tertiary/aromatic N) is 1. The Morgan fingerprint density at radius 2 is 1.79 bits per heavy atom. The normalized spacial score (nSPS) is 10.7. The number of ether oxygens (including phenoxy) is 1. The summed E-state index contributed by atoms with van der Waals surface area (Å²) in [5, 5.41) is 0.895. The Kier molecular flexibility index (Phi) is 5.56. The fourth-order valence-electron chi connectivity index (χ4n) is 2.82. The van der Waals surface area contributed by atoms with E-state index in [1.165, 1.54) is 12.0 Å². The fourth-order valence-corrected chi connectivity index (χ4v) is 2.82. The second-order valence-corrected chi connectivity index (χ2v) is 5.82. The van der Waals surface area contributed by atoms with Crippen molar-refractivity contribution in [3.63, 3.8) is 0 Å². The number of carbonyl (C=O) groups excluding carboxylic acids is 1. The molecule has 0 saturated heterocycles. The maximum Gasteiger partial charge on any atom is 0.152 e. The monoisotopic (exact) mass is 319 g/mol. The molecule has 0 saturated carbocycles. The van der Waals surface area contributed by atoms with E-state index in [1.807, 2.05) is 24.3 Å². The van der Waals surface area contributed by atoms with Gasteiger partial charge in [-0.05, 0) is 55.5 Å². The molecule has 0 fully saturated rings. The number of benzene rings is 2. The predicted octanol–water partition coefficient (Wildman–Crippen LogP) is 4.84. The first kappa shape index (κ1) is 16.2. The van der Waals surface area contributed by atoms with Crippen molar-refractivity contribution in [2.75, 3.05) is 6.61 Å². The van der Waals surface area contributed by atoms with Gasteiger partial charge in [0.05, 0.1) is 12.1 Å². The molecular weight excluding hydrogens is 298 g/mol. The first-order chi connectivity index (χ1) is 11.9. The molecule has 3 nitrogen and oxygen atoms in total. The number of unbranched alkanes of at least 4 members (excludes halogenated alkanes) is 2. The van der Waals surface area contributed by atoms with Gasteiger partial charge in [0.1, 0.15) is 5.75 Å². The number of hydrogen-bond acceptors (Lipinski definition) is 3. The molecule has 0 spiro atoms. The van der Waals surface area contributed by atoms with Crippen LogP contribution in [-0.4, -0.2) is 17.9 Å². The Morgan fingerprint density at radius 1 is 0.917 bits per heavy atom. The number of hydrogen-bond donors (Lipinski definition) is 0. The Hall–Kier alpha value is -2.68. The molecule has 0 aliphatic heterocycles. The summed E-state index contributed by atoms with van der Waals surface area (Å²) in [4.78, 5) is 15.4. The average Bonchev–Trinajstić information content (AvgIpc) is 2.65. The van der Waals surface area contributed by atoms with Crippen LogP contribution in [0.3, 0.4) is 0 Å². The van der Waals surface area contributed by atoms with E-state index < -0.39 is 0 Å². The van der Waals surface area contributed by atoms with Gasteiger partial charge in [-0.2, -0.15) is 0 Å². The smallest absolute Gasteiger partial charge is 0.152 e. The lowest BCUT2D eigenvalue weighted by atomic mass is 10.1. The Labute approximate surface area is 142 Å². The largest absolute Gasteiger partial charge is 0.493 e. The van der Waals surface area contributed by atoms with E-state index in [2.05, 4.69) is 29.2 Å². The molecule has 1 aromatic heterocycles. The lowest BCUT2D eigenvalue weighted by Gasteiger charge is -2.10. The van der Waals surface area contributed by atoms with E-state index in [1.54, 1.807) is 12.3 Å². The van der Waals surface area contributed by atoms with Gasteiger partial charge in [0.15, 0.2) is 6.29 Å². The van der Waals surface area contributed by atoms with E-state index in [9.17, 15) is 4.79 Å². The van der Waals surface area contributed by atoms with Gasteiger partial charge >= 0.3 is 0 Å². The van der Waals surface area contributed by atoms with Gasteiger partial charge in [0.2, 0.25) is 0 Å². The summed E-state index contributed by atoms with van der Waals surface area (Å²) in [6, 6.07) is 18.0. The molecule has 0 radical (unpaired) electrons. The van der Waals surface area contributed by atoms with Crippen molar-refractivity contribution >= 4 is 17.2 Å². The van der Waals surface area contributed by atoms with Crippen LogP contribution in [0.25, 0.3) is 10.9 Å². The minimum absolute atomic E-state index is 0.598. The number of aryl methyl sites for hydroxylation is 1. The van der Waals surface area contributed by atoms with Gasteiger partial charge in [-0.3, -0.25) is 9.78 Å². The fraction of sp³-hybridized carbons (Fsp3) is 0.238. The molecule has 1 heterocycles. The van der Waals surface area contributed by atoms with Crippen LogP contribution in [0.4, 0.5) is 0 Å². The molecule has 0 aliphatic carbocycles. The molecule has 0 aliphatic rings. The van der Waals surface area contributed by atoms with E-state index in [4.69, 9.17) is 4.74 Å². The molecule has 24 heavy (non-hydrogen) atoms. The van der Waals surface area contributed by atoms with E-state index >= 15 is 0 Å². The van der Waals surface area contributed by atoms with Crippen LogP contribution in [-0.2, 0) is 6.42 Å². The first-order valence-corrected chi connectivity index (χ1v) is 8.38. The van der Waals surface area contributed by atoms with Crippen LogP contribution in [0.15, 0.2) is 60.8 Å². The molecule has 2 aromatic carbocycles. The van der Waals surface area contributed by atoms with Crippen LogP contribution in [0.2, 0.25) is 0 Å². The summed E-state index contributed by atoms with van der Waals surface area (Å²) in [7, 11) is 0. The Balaban J connectivity index is 1.50. The number of aromatic nitrogens is 1. The summed E-state index contributed by atoms with van der Waals surface area (Å²) in [5.74, 6) is 0.798. The van der Waals surface area contributed by atoms with Crippen molar-refractivity contribution in [3.8, 4) is 5.75 Å². The van der Waals surface area contributed by atoms with Crippen molar-refractivity contribution in [3.05, 3.63) is 71.9 Å². The summed E-state index contributed by atoms with van der Waals surface area (Å²) < 4.78 is 5.92. The van der Waals surface area contributed by atoms with Crippen LogP contribution in [0.5, 0.6) is 5.75 Å². The third kappa shape index (κ3) is 3.99. The van der Waals surface area contributed by atoms with Crippen LogP contribution in [0, 0.1) is 0 Å². The van der Waals surface area contributed by atoms with E-state index in [-0.39, 0.29) is 0 Å². The zero-order chi connectivity index (χ0) is 16.6. The van der Waals surface area contributed by atoms with Gasteiger partial charge in [0, 0.05) is 17.1 Å². The van der Waals surface area contributed by atoms with E-state index in [0.29, 0.717) is 17.7 Å². The number of rotatable bonds is 8. The van der Waals surface area contributed by atoms with Gasteiger partial charge in [-0.15, -0.1) is 0 Å². The van der Waals surface area contributed by atoms with Crippen molar-refractivity contribution in [1.29, 1.82) is 0 Å². The Bertz CT molecular complexity index is 799. The molecule has 3 aromatic rings. The zero-order valence-corrected chi connectivity index (χ0v) is 13.7. The highest BCUT2D eigenvalue weighted by atomic mass is 16.5.